The number of rotatable bonds is 3. The molecule has 1 aromatic carbocycles. The van der Waals surface area contributed by atoms with Gasteiger partial charge in [-0.1, -0.05) is 35.3 Å². The van der Waals surface area contributed by atoms with E-state index in [1.165, 1.54) is 6.42 Å². The summed E-state index contributed by atoms with van der Waals surface area (Å²) in [4.78, 5) is 4.80. The third-order valence-electron chi connectivity index (χ3n) is 4.13. The summed E-state index contributed by atoms with van der Waals surface area (Å²) in [7, 11) is 6.35. The van der Waals surface area contributed by atoms with Crippen LogP contribution in [-0.4, -0.2) is 56.6 Å². The first-order valence-electron chi connectivity index (χ1n) is 7.04. The van der Waals surface area contributed by atoms with Crippen LogP contribution >= 0.6 is 23.2 Å². The monoisotopic (exact) mass is 315 g/mol. The largest absolute Gasteiger partial charge is 0.312 e. The van der Waals surface area contributed by atoms with E-state index in [1.807, 2.05) is 19.2 Å². The first-order valence-corrected chi connectivity index (χ1v) is 7.80. The molecule has 0 radical (unpaired) electrons. The maximum atomic E-state index is 6.41. The Bertz CT molecular complexity index is 453. The molecule has 1 fully saturated rings. The molecule has 20 heavy (non-hydrogen) atoms. The summed E-state index contributed by atoms with van der Waals surface area (Å²) in [6, 6.07) is 6.42. The maximum Gasteiger partial charge on any atom is 0.0640 e. The molecule has 0 aliphatic carbocycles. The quantitative estimate of drug-likeness (QED) is 0.925. The zero-order valence-corrected chi connectivity index (χ0v) is 13.9. The molecule has 2 unspecified atom stereocenters. The van der Waals surface area contributed by atoms with E-state index in [0.29, 0.717) is 16.1 Å². The Morgan fingerprint density at radius 1 is 1.25 bits per heavy atom. The van der Waals surface area contributed by atoms with Crippen molar-refractivity contribution in [2.45, 2.75) is 18.5 Å². The molecular weight excluding hydrogens is 293 g/mol. The Morgan fingerprint density at radius 2 is 2.00 bits per heavy atom. The lowest BCUT2D eigenvalue weighted by atomic mass is 9.98. The Morgan fingerprint density at radius 3 is 2.70 bits per heavy atom. The maximum absolute atomic E-state index is 6.41. The van der Waals surface area contributed by atoms with Gasteiger partial charge in [-0.25, -0.2) is 0 Å². The number of hydrogen-bond donors (Lipinski definition) is 1. The number of hydrogen-bond acceptors (Lipinski definition) is 3. The minimum absolute atomic E-state index is 0.173. The summed E-state index contributed by atoms with van der Waals surface area (Å²) in [6.07, 6.45) is 1.20. The Kier molecular flexibility index (Phi) is 5.70. The normalized spacial score (nSPS) is 23.6. The summed E-state index contributed by atoms with van der Waals surface area (Å²) in [5, 5.41) is 4.70. The molecule has 1 heterocycles. The van der Waals surface area contributed by atoms with Crippen molar-refractivity contribution < 1.29 is 0 Å². The SMILES string of the molecule is CNC(c1cccc(Cl)c1Cl)C1CN(C)CCCN1C. The molecule has 2 rings (SSSR count). The minimum Gasteiger partial charge on any atom is -0.312 e. The smallest absolute Gasteiger partial charge is 0.0640 e. The molecule has 112 valence electrons. The van der Waals surface area contributed by atoms with Crippen LogP contribution < -0.4 is 5.32 Å². The van der Waals surface area contributed by atoms with E-state index in [0.717, 1.165) is 25.2 Å². The standard InChI is InChI=1S/C15H23Cl2N3/c1-18-15(11-6-4-7-12(16)14(11)17)13-10-19(2)8-5-9-20(13)3/h4,6-7,13,15,18H,5,8-10H2,1-3H3. The Balaban J connectivity index is 2.32. The van der Waals surface area contributed by atoms with Gasteiger partial charge in [-0.05, 0) is 52.3 Å². The van der Waals surface area contributed by atoms with Crippen LogP contribution in [0.15, 0.2) is 18.2 Å². The van der Waals surface area contributed by atoms with Crippen molar-refractivity contribution in [3.8, 4) is 0 Å². The molecule has 0 saturated carbocycles. The van der Waals surface area contributed by atoms with Gasteiger partial charge in [0.2, 0.25) is 0 Å². The fourth-order valence-corrected chi connectivity index (χ4v) is 3.41. The molecule has 0 bridgehead atoms. The lowest BCUT2D eigenvalue weighted by molar-refractivity contribution is 0.182. The second kappa shape index (κ2) is 7.10. The van der Waals surface area contributed by atoms with Crippen molar-refractivity contribution in [1.29, 1.82) is 0 Å². The lowest BCUT2D eigenvalue weighted by Crippen LogP contribution is -2.46. The molecule has 2 atom stereocenters. The molecule has 1 N–H and O–H groups in total. The van der Waals surface area contributed by atoms with Gasteiger partial charge in [0.15, 0.2) is 0 Å². The average Bonchev–Trinajstić information content (AvgIpc) is 2.58. The molecule has 1 saturated heterocycles. The van der Waals surface area contributed by atoms with E-state index in [4.69, 9.17) is 23.2 Å². The number of likely N-dealkylation sites (N-methyl/N-ethyl adjacent to an activating group) is 3. The van der Waals surface area contributed by atoms with Crippen molar-refractivity contribution in [1.82, 2.24) is 15.1 Å². The summed E-state index contributed by atoms with van der Waals surface area (Å²) in [5.74, 6) is 0. The van der Waals surface area contributed by atoms with E-state index in [2.05, 4.69) is 35.3 Å². The van der Waals surface area contributed by atoms with Crippen LogP contribution in [0.1, 0.15) is 18.0 Å². The Hall–Kier alpha value is -0.320. The fourth-order valence-electron chi connectivity index (χ4n) is 2.98. The third kappa shape index (κ3) is 3.46. The Labute approximate surface area is 131 Å². The van der Waals surface area contributed by atoms with E-state index >= 15 is 0 Å². The molecular formula is C15H23Cl2N3. The summed E-state index contributed by atoms with van der Waals surface area (Å²) in [5.41, 5.74) is 1.08. The third-order valence-corrected chi connectivity index (χ3v) is 4.96. The predicted octanol–water partition coefficient (Wildman–Crippen LogP) is 2.89. The van der Waals surface area contributed by atoms with Crippen LogP contribution in [0.2, 0.25) is 10.0 Å². The predicted molar refractivity (Wildman–Crippen MR) is 86.8 cm³/mol. The van der Waals surface area contributed by atoms with Crippen LogP contribution in [0.4, 0.5) is 0 Å². The molecule has 0 aromatic heterocycles. The molecule has 0 spiro atoms. The van der Waals surface area contributed by atoms with Gasteiger partial charge < -0.3 is 15.1 Å². The highest BCUT2D eigenvalue weighted by molar-refractivity contribution is 6.42. The average molecular weight is 316 g/mol. The highest BCUT2D eigenvalue weighted by Gasteiger charge is 2.30. The van der Waals surface area contributed by atoms with E-state index in [1.54, 1.807) is 0 Å². The van der Waals surface area contributed by atoms with E-state index < -0.39 is 0 Å². The van der Waals surface area contributed by atoms with Crippen molar-refractivity contribution in [2.24, 2.45) is 0 Å². The van der Waals surface area contributed by atoms with Gasteiger partial charge in [-0.3, -0.25) is 0 Å². The first kappa shape index (κ1) is 16.1. The van der Waals surface area contributed by atoms with Crippen molar-refractivity contribution in [2.75, 3.05) is 40.8 Å². The molecule has 5 heteroatoms. The number of halogens is 2. The highest BCUT2D eigenvalue weighted by atomic mass is 35.5. The fraction of sp³-hybridized carbons (Fsp3) is 0.600. The second-order valence-electron chi connectivity index (χ2n) is 5.57. The van der Waals surface area contributed by atoms with Gasteiger partial charge in [0.1, 0.15) is 0 Å². The second-order valence-corrected chi connectivity index (χ2v) is 6.36. The number of nitrogens with one attached hydrogen (secondary N) is 1. The van der Waals surface area contributed by atoms with Crippen LogP contribution in [-0.2, 0) is 0 Å². The van der Waals surface area contributed by atoms with Gasteiger partial charge in [0.05, 0.1) is 16.1 Å². The number of benzene rings is 1. The van der Waals surface area contributed by atoms with E-state index in [9.17, 15) is 0 Å². The molecule has 1 aromatic rings. The van der Waals surface area contributed by atoms with Gasteiger partial charge >= 0.3 is 0 Å². The van der Waals surface area contributed by atoms with Gasteiger partial charge in [0.25, 0.3) is 0 Å². The van der Waals surface area contributed by atoms with Gasteiger partial charge in [-0.2, -0.15) is 0 Å². The van der Waals surface area contributed by atoms with Crippen LogP contribution in [0, 0.1) is 0 Å². The summed E-state index contributed by atoms with van der Waals surface area (Å²) >= 11 is 12.6. The van der Waals surface area contributed by atoms with Crippen LogP contribution in [0.25, 0.3) is 0 Å². The minimum atomic E-state index is 0.173. The van der Waals surface area contributed by atoms with E-state index in [-0.39, 0.29) is 6.04 Å². The first-order chi connectivity index (χ1) is 9.54. The highest BCUT2D eigenvalue weighted by Crippen LogP contribution is 2.33. The van der Waals surface area contributed by atoms with Gasteiger partial charge in [-0.15, -0.1) is 0 Å². The summed E-state index contributed by atoms with van der Waals surface area (Å²) < 4.78 is 0. The van der Waals surface area contributed by atoms with Gasteiger partial charge in [0, 0.05) is 12.6 Å². The summed E-state index contributed by atoms with van der Waals surface area (Å²) in [6.45, 7) is 3.26. The molecule has 0 amide bonds. The number of nitrogens with zero attached hydrogens (tertiary/aromatic N) is 2. The molecule has 1 aliphatic rings. The zero-order chi connectivity index (χ0) is 14.7. The van der Waals surface area contributed by atoms with Crippen LogP contribution in [0.3, 0.4) is 0 Å². The molecule has 3 nitrogen and oxygen atoms in total. The van der Waals surface area contributed by atoms with Crippen molar-refractivity contribution >= 4 is 23.2 Å². The van der Waals surface area contributed by atoms with Crippen molar-refractivity contribution in [3.63, 3.8) is 0 Å². The van der Waals surface area contributed by atoms with Crippen LogP contribution in [0.5, 0.6) is 0 Å². The topological polar surface area (TPSA) is 18.5 Å². The van der Waals surface area contributed by atoms with Crippen molar-refractivity contribution in [3.05, 3.63) is 33.8 Å². The lowest BCUT2D eigenvalue weighted by Gasteiger charge is -2.35. The molecule has 1 aliphatic heterocycles. The zero-order valence-electron chi connectivity index (χ0n) is 12.4.